The van der Waals surface area contributed by atoms with Gasteiger partial charge in [-0.25, -0.2) is 0 Å². The molecule has 0 saturated heterocycles. The predicted octanol–water partition coefficient (Wildman–Crippen LogP) is 2.92. The van der Waals surface area contributed by atoms with Crippen molar-refractivity contribution < 1.29 is 29.2 Å². The summed E-state index contributed by atoms with van der Waals surface area (Å²) >= 11 is 0. The molecular formula is C24H30O7. The van der Waals surface area contributed by atoms with Crippen LogP contribution in [0, 0.1) is 0 Å². The van der Waals surface area contributed by atoms with E-state index >= 15 is 0 Å². The fraction of sp³-hybridized carbons (Fsp3) is 0.625. The number of hydrogen-bond acceptors (Lipinski definition) is 7. The average Bonchev–Trinajstić information content (AvgIpc) is 3.38. The highest BCUT2D eigenvalue weighted by Crippen LogP contribution is 2.54. The van der Waals surface area contributed by atoms with Gasteiger partial charge in [0.15, 0.2) is 5.43 Å². The lowest BCUT2D eigenvalue weighted by molar-refractivity contribution is -0.0725. The molecule has 5 rings (SSSR count). The first-order chi connectivity index (χ1) is 14.9. The summed E-state index contributed by atoms with van der Waals surface area (Å²) in [6, 6.07) is 1.70. The number of aliphatic hydroxyl groups excluding tert-OH is 2. The van der Waals surface area contributed by atoms with Crippen LogP contribution in [-0.4, -0.2) is 39.7 Å². The van der Waals surface area contributed by atoms with Gasteiger partial charge in [0, 0.05) is 36.1 Å². The first-order valence-electron chi connectivity index (χ1n) is 11.4. The third-order valence-corrected chi connectivity index (χ3v) is 7.21. The molecule has 168 valence electrons. The molecule has 1 aromatic heterocycles. The van der Waals surface area contributed by atoms with Crippen molar-refractivity contribution in [2.75, 3.05) is 6.61 Å². The van der Waals surface area contributed by atoms with Crippen molar-refractivity contribution in [2.45, 2.75) is 88.6 Å². The smallest absolute Gasteiger partial charge is 0.200 e. The zero-order valence-electron chi connectivity index (χ0n) is 17.9. The van der Waals surface area contributed by atoms with Crippen molar-refractivity contribution in [3.05, 3.63) is 33.2 Å². The van der Waals surface area contributed by atoms with Crippen molar-refractivity contribution in [3.63, 3.8) is 0 Å². The third kappa shape index (κ3) is 3.34. The highest BCUT2D eigenvalue weighted by atomic mass is 16.5. The second kappa shape index (κ2) is 7.80. The molecule has 0 amide bonds. The number of hydrogen-bond donors (Lipinski definition) is 3. The second-order valence-electron chi connectivity index (χ2n) is 9.37. The number of ether oxygens (including phenoxy) is 2. The van der Waals surface area contributed by atoms with Crippen molar-refractivity contribution in [3.8, 4) is 11.5 Å². The predicted molar refractivity (Wildman–Crippen MR) is 114 cm³/mol. The molecule has 3 atom stereocenters. The van der Waals surface area contributed by atoms with Crippen LogP contribution in [0.4, 0.5) is 0 Å². The van der Waals surface area contributed by atoms with Crippen molar-refractivity contribution >= 4 is 11.0 Å². The summed E-state index contributed by atoms with van der Waals surface area (Å²) in [5, 5.41) is 30.5. The largest absolute Gasteiger partial charge is 0.489 e. The topological polar surface area (TPSA) is 109 Å². The van der Waals surface area contributed by atoms with Gasteiger partial charge >= 0.3 is 0 Å². The van der Waals surface area contributed by atoms with E-state index in [0.717, 1.165) is 44.1 Å². The highest BCUT2D eigenvalue weighted by molar-refractivity contribution is 5.89. The molecule has 3 N–H and O–H groups in total. The minimum absolute atomic E-state index is 0.0241. The molecule has 2 heterocycles. The Morgan fingerprint density at radius 2 is 1.97 bits per heavy atom. The summed E-state index contributed by atoms with van der Waals surface area (Å²) in [5.41, 5.74) is 0.194. The number of benzene rings is 1. The third-order valence-electron chi connectivity index (χ3n) is 7.21. The van der Waals surface area contributed by atoms with Gasteiger partial charge in [-0.1, -0.05) is 0 Å². The van der Waals surface area contributed by atoms with E-state index in [2.05, 4.69) is 0 Å². The van der Waals surface area contributed by atoms with Crippen molar-refractivity contribution in [2.24, 2.45) is 0 Å². The van der Waals surface area contributed by atoms with Crippen LogP contribution in [0.1, 0.15) is 74.7 Å². The summed E-state index contributed by atoms with van der Waals surface area (Å²) in [6.07, 6.45) is 6.15. The maximum Gasteiger partial charge on any atom is 0.200 e. The Bertz CT molecular complexity index is 1050. The molecule has 31 heavy (non-hydrogen) atoms. The first-order valence-corrected chi connectivity index (χ1v) is 11.4. The molecule has 1 aliphatic heterocycles. The number of fused-ring (bicyclic) bond motifs is 4. The van der Waals surface area contributed by atoms with Crippen LogP contribution in [0.3, 0.4) is 0 Å². The fourth-order valence-electron chi connectivity index (χ4n) is 5.68. The van der Waals surface area contributed by atoms with E-state index < -0.39 is 18.3 Å². The number of rotatable bonds is 5. The van der Waals surface area contributed by atoms with E-state index in [1.807, 2.05) is 0 Å². The van der Waals surface area contributed by atoms with Crippen LogP contribution in [-0.2, 0) is 13.0 Å². The van der Waals surface area contributed by atoms with Crippen LogP contribution in [0.2, 0.25) is 0 Å². The minimum Gasteiger partial charge on any atom is -0.489 e. The van der Waals surface area contributed by atoms with E-state index in [9.17, 15) is 20.1 Å². The van der Waals surface area contributed by atoms with Gasteiger partial charge in [-0.05, 0) is 51.9 Å². The molecule has 7 heteroatoms. The zero-order chi connectivity index (χ0) is 21.8. The van der Waals surface area contributed by atoms with Gasteiger partial charge in [-0.3, -0.25) is 4.79 Å². The summed E-state index contributed by atoms with van der Waals surface area (Å²) < 4.78 is 18.7. The molecule has 0 radical (unpaired) electrons. The standard InChI is InChI=1S/C24H30O7/c1-24(28)9-4-7-15-19-16(31-23(15)24)11-17-20(22(19)29-13-5-2-3-6-13)21(27)14(8-10-25)18(12-26)30-17/h11,13,15,23,25-26,28H,2-10,12H2,1H3. The molecule has 3 unspecified atom stereocenters. The van der Waals surface area contributed by atoms with Gasteiger partial charge < -0.3 is 29.2 Å². The number of aliphatic hydroxyl groups is 3. The Balaban J connectivity index is 1.76. The molecule has 2 aliphatic carbocycles. The van der Waals surface area contributed by atoms with Crippen LogP contribution in [0.15, 0.2) is 15.3 Å². The molecule has 0 bridgehead atoms. The van der Waals surface area contributed by atoms with E-state index in [1.54, 1.807) is 13.0 Å². The molecule has 2 aromatic rings. The lowest BCUT2D eigenvalue weighted by Crippen LogP contribution is -2.47. The quantitative estimate of drug-likeness (QED) is 0.669. The SMILES string of the molecule is CC1(O)CCCC2c3c(cc4oc(CO)c(CCO)c(=O)c4c3OC3CCCC3)OC21. The van der Waals surface area contributed by atoms with Gasteiger partial charge in [0.1, 0.15) is 40.9 Å². The summed E-state index contributed by atoms with van der Waals surface area (Å²) in [5.74, 6) is 1.18. The monoisotopic (exact) mass is 430 g/mol. The van der Waals surface area contributed by atoms with Gasteiger partial charge in [-0.2, -0.15) is 0 Å². The van der Waals surface area contributed by atoms with Crippen LogP contribution in [0.25, 0.3) is 11.0 Å². The lowest BCUT2D eigenvalue weighted by Gasteiger charge is -2.37. The summed E-state index contributed by atoms with van der Waals surface area (Å²) in [4.78, 5) is 13.5. The Hall–Kier alpha value is -2.09. The normalized spacial score (nSPS) is 27.9. The van der Waals surface area contributed by atoms with Gasteiger partial charge in [0.25, 0.3) is 0 Å². The van der Waals surface area contributed by atoms with Crippen molar-refractivity contribution in [1.82, 2.24) is 0 Å². The fourth-order valence-corrected chi connectivity index (χ4v) is 5.68. The summed E-state index contributed by atoms with van der Waals surface area (Å²) in [7, 11) is 0. The highest BCUT2D eigenvalue weighted by Gasteiger charge is 2.50. The lowest BCUT2D eigenvalue weighted by atomic mass is 9.74. The molecule has 2 fully saturated rings. The Morgan fingerprint density at radius 3 is 2.68 bits per heavy atom. The maximum absolute atomic E-state index is 13.5. The molecule has 2 saturated carbocycles. The van der Waals surface area contributed by atoms with Crippen molar-refractivity contribution in [1.29, 1.82) is 0 Å². The van der Waals surface area contributed by atoms with E-state index in [1.165, 1.54) is 0 Å². The van der Waals surface area contributed by atoms with E-state index in [-0.39, 0.29) is 41.8 Å². The van der Waals surface area contributed by atoms with Gasteiger partial charge in [0.05, 0.1) is 11.7 Å². The molecule has 1 aromatic carbocycles. The Kier molecular flexibility index (Phi) is 5.23. The maximum atomic E-state index is 13.5. The van der Waals surface area contributed by atoms with Gasteiger partial charge in [-0.15, -0.1) is 0 Å². The van der Waals surface area contributed by atoms with Crippen LogP contribution >= 0.6 is 0 Å². The first kappa shape index (κ1) is 20.8. The van der Waals surface area contributed by atoms with E-state index in [0.29, 0.717) is 28.9 Å². The zero-order valence-corrected chi connectivity index (χ0v) is 17.9. The van der Waals surface area contributed by atoms with Gasteiger partial charge in [0.2, 0.25) is 0 Å². The Morgan fingerprint density at radius 1 is 1.19 bits per heavy atom. The van der Waals surface area contributed by atoms with Crippen LogP contribution < -0.4 is 14.9 Å². The molecule has 3 aliphatic rings. The molecular weight excluding hydrogens is 400 g/mol. The molecule has 0 spiro atoms. The second-order valence-corrected chi connectivity index (χ2v) is 9.37. The Labute approximate surface area is 180 Å². The minimum atomic E-state index is -0.964. The molecule has 7 nitrogen and oxygen atoms in total. The average molecular weight is 430 g/mol. The van der Waals surface area contributed by atoms with E-state index in [4.69, 9.17) is 13.9 Å². The summed E-state index contributed by atoms with van der Waals surface area (Å²) in [6.45, 7) is 1.15. The van der Waals surface area contributed by atoms with Crippen LogP contribution in [0.5, 0.6) is 11.5 Å².